The maximum atomic E-state index is 11.1. The lowest BCUT2D eigenvalue weighted by atomic mass is 10.1. The minimum Gasteiger partial charge on any atom is -0.380 e. The molecule has 1 aliphatic heterocycles. The first-order valence-electron chi connectivity index (χ1n) is 4.99. The Bertz CT molecular complexity index is 303. The zero-order chi connectivity index (χ0) is 12.3. The standard InChI is InChI=1S/C8H16NO6P/c1-6(8(11)16(12,13)14)2-4-9-7(10)3-5-15-9/h6,8,11H,2-5H2,1H3,(H2,12,13,14). The van der Waals surface area contributed by atoms with Crippen LogP contribution in [0.4, 0.5) is 0 Å². The lowest BCUT2D eigenvalue weighted by Crippen LogP contribution is -2.28. The molecule has 0 aromatic heterocycles. The first-order valence-corrected chi connectivity index (χ1v) is 6.67. The number of hydroxylamine groups is 2. The average Bonchev–Trinajstić information content (AvgIpc) is 2.58. The van der Waals surface area contributed by atoms with E-state index in [1.165, 1.54) is 12.0 Å². The fourth-order valence-electron chi connectivity index (χ4n) is 1.43. The molecule has 2 atom stereocenters. The monoisotopic (exact) mass is 253 g/mol. The van der Waals surface area contributed by atoms with E-state index in [1.807, 2.05) is 0 Å². The topological polar surface area (TPSA) is 107 Å². The number of hydrogen-bond donors (Lipinski definition) is 3. The van der Waals surface area contributed by atoms with Gasteiger partial charge in [0.05, 0.1) is 13.0 Å². The Kier molecular flexibility index (Phi) is 4.46. The number of carbonyl (C=O) groups is 1. The fraction of sp³-hybridized carbons (Fsp3) is 0.875. The third-order valence-electron chi connectivity index (χ3n) is 2.48. The largest absolute Gasteiger partial charge is 0.380 e. The second-order valence-corrected chi connectivity index (χ2v) is 5.55. The van der Waals surface area contributed by atoms with E-state index < -0.39 is 19.4 Å². The Morgan fingerprint density at radius 2 is 2.19 bits per heavy atom. The van der Waals surface area contributed by atoms with Crippen LogP contribution in [0.1, 0.15) is 19.8 Å². The highest BCUT2D eigenvalue weighted by Gasteiger charge is 2.32. The van der Waals surface area contributed by atoms with Crippen LogP contribution in [0.3, 0.4) is 0 Å². The molecule has 0 aromatic carbocycles. The summed E-state index contributed by atoms with van der Waals surface area (Å²) >= 11 is 0. The van der Waals surface area contributed by atoms with Gasteiger partial charge >= 0.3 is 7.60 Å². The molecule has 1 saturated heterocycles. The molecule has 0 saturated carbocycles. The zero-order valence-electron chi connectivity index (χ0n) is 8.94. The van der Waals surface area contributed by atoms with Crippen LogP contribution < -0.4 is 0 Å². The van der Waals surface area contributed by atoms with Crippen molar-refractivity contribution in [1.82, 2.24) is 5.06 Å². The van der Waals surface area contributed by atoms with E-state index in [0.717, 1.165) is 0 Å². The van der Waals surface area contributed by atoms with Crippen molar-refractivity contribution in [2.24, 2.45) is 5.92 Å². The van der Waals surface area contributed by atoms with Crippen LogP contribution in [0, 0.1) is 5.92 Å². The van der Waals surface area contributed by atoms with E-state index in [9.17, 15) is 14.5 Å². The van der Waals surface area contributed by atoms with E-state index in [4.69, 9.17) is 14.6 Å². The van der Waals surface area contributed by atoms with E-state index in [2.05, 4.69) is 0 Å². The molecular formula is C8H16NO6P. The SMILES string of the molecule is CC(CCN1OCCC1=O)C(O)P(=O)(O)O. The quantitative estimate of drug-likeness (QED) is 0.579. The Morgan fingerprint density at radius 1 is 1.56 bits per heavy atom. The van der Waals surface area contributed by atoms with Crippen LogP contribution in [0.5, 0.6) is 0 Å². The summed E-state index contributed by atoms with van der Waals surface area (Å²) in [5.41, 5.74) is 0. The van der Waals surface area contributed by atoms with E-state index in [0.29, 0.717) is 13.0 Å². The summed E-state index contributed by atoms with van der Waals surface area (Å²) in [6, 6.07) is 0. The third kappa shape index (κ3) is 3.54. The molecule has 1 aliphatic rings. The molecule has 1 rings (SSSR count). The second kappa shape index (κ2) is 5.25. The van der Waals surface area contributed by atoms with Crippen molar-refractivity contribution >= 4 is 13.5 Å². The van der Waals surface area contributed by atoms with Gasteiger partial charge in [-0.3, -0.25) is 14.2 Å². The van der Waals surface area contributed by atoms with Crippen molar-refractivity contribution in [3.8, 4) is 0 Å². The molecule has 0 aromatic rings. The zero-order valence-corrected chi connectivity index (χ0v) is 9.84. The normalized spacial score (nSPS) is 21.2. The Hall–Kier alpha value is -0.460. The maximum Gasteiger partial charge on any atom is 0.354 e. The molecule has 1 heterocycles. The van der Waals surface area contributed by atoms with Gasteiger partial charge in [-0.15, -0.1) is 0 Å². The molecule has 2 unspecified atom stereocenters. The summed E-state index contributed by atoms with van der Waals surface area (Å²) in [7, 11) is -4.48. The molecule has 1 amide bonds. The Labute approximate surface area is 93.1 Å². The van der Waals surface area contributed by atoms with Gasteiger partial charge in [0.2, 0.25) is 5.91 Å². The first kappa shape index (κ1) is 13.6. The summed E-state index contributed by atoms with van der Waals surface area (Å²) in [5, 5.41) is 10.5. The highest BCUT2D eigenvalue weighted by atomic mass is 31.2. The van der Waals surface area contributed by atoms with Crippen molar-refractivity contribution in [2.45, 2.75) is 25.6 Å². The van der Waals surface area contributed by atoms with Crippen LogP contribution >= 0.6 is 7.60 Å². The smallest absolute Gasteiger partial charge is 0.354 e. The average molecular weight is 253 g/mol. The van der Waals surface area contributed by atoms with E-state index in [1.54, 1.807) is 0 Å². The lowest BCUT2D eigenvalue weighted by molar-refractivity contribution is -0.162. The summed E-state index contributed by atoms with van der Waals surface area (Å²) in [4.78, 5) is 33.6. The molecule has 1 fully saturated rings. The molecule has 94 valence electrons. The number of nitrogens with zero attached hydrogens (tertiary/aromatic N) is 1. The molecule has 0 radical (unpaired) electrons. The van der Waals surface area contributed by atoms with Gasteiger partial charge in [-0.1, -0.05) is 6.92 Å². The van der Waals surface area contributed by atoms with Crippen LogP contribution in [0.25, 0.3) is 0 Å². The third-order valence-corrected chi connectivity index (χ3v) is 3.68. The second-order valence-electron chi connectivity index (χ2n) is 3.85. The lowest BCUT2D eigenvalue weighted by Gasteiger charge is -2.21. The van der Waals surface area contributed by atoms with Crippen molar-refractivity contribution in [2.75, 3.05) is 13.2 Å². The summed E-state index contributed by atoms with van der Waals surface area (Å²) in [6.45, 7) is 2.09. The Balaban J connectivity index is 2.37. The van der Waals surface area contributed by atoms with Crippen molar-refractivity contribution in [3.63, 3.8) is 0 Å². The molecule has 3 N–H and O–H groups in total. The van der Waals surface area contributed by atoms with Crippen molar-refractivity contribution < 1.29 is 29.1 Å². The molecule has 8 heteroatoms. The van der Waals surface area contributed by atoms with E-state index >= 15 is 0 Å². The summed E-state index contributed by atoms with van der Waals surface area (Å²) in [5.74, 6) is -2.43. The highest BCUT2D eigenvalue weighted by molar-refractivity contribution is 7.52. The molecule has 7 nitrogen and oxygen atoms in total. The van der Waals surface area contributed by atoms with Crippen LogP contribution in [-0.4, -0.2) is 44.9 Å². The molecular weight excluding hydrogens is 237 g/mol. The predicted octanol–water partition coefficient (Wildman–Crippen LogP) is -0.327. The number of aliphatic hydroxyl groups is 1. The first-order chi connectivity index (χ1) is 7.32. The van der Waals surface area contributed by atoms with Gasteiger partial charge in [-0.2, -0.15) is 0 Å². The number of amides is 1. The fourth-order valence-corrected chi connectivity index (χ4v) is 2.24. The van der Waals surface area contributed by atoms with Crippen LogP contribution in [0.15, 0.2) is 0 Å². The van der Waals surface area contributed by atoms with Gasteiger partial charge in [0.15, 0.2) is 5.85 Å². The van der Waals surface area contributed by atoms with Gasteiger partial charge in [-0.25, -0.2) is 5.06 Å². The van der Waals surface area contributed by atoms with Gasteiger partial charge in [0, 0.05) is 6.54 Å². The minimum atomic E-state index is -4.48. The minimum absolute atomic E-state index is 0.141. The molecule has 0 aliphatic carbocycles. The van der Waals surface area contributed by atoms with Gasteiger partial charge < -0.3 is 14.9 Å². The van der Waals surface area contributed by atoms with Crippen molar-refractivity contribution in [1.29, 1.82) is 0 Å². The van der Waals surface area contributed by atoms with Crippen LogP contribution in [-0.2, 0) is 14.2 Å². The maximum absolute atomic E-state index is 11.1. The van der Waals surface area contributed by atoms with Gasteiger partial charge in [0.25, 0.3) is 0 Å². The van der Waals surface area contributed by atoms with Gasteiger partial charge in [0.1, 0.15) is 0 Å². The molecule has 0 spiro atoms. The summed E-state index contributed by atoms with van der Waals surface area (Å²) < 4.78 is 10.8. The molecule has 0 bridgehead atoms. The molecule has 16 heavy (non-hydrogen) atoms. The number of aliphatic hydroxyl groups excluding tert-OH is 1. The highest BCUT2D eigenvalue weighted by Crippen LogP contribution is 2.43. The van der Waals surface area contributed by atoms with Crippen LogP contribution in [0.2, 0.25) is 0 Å². The number of carbonyl (C=O) groups excluding carboxylic acids is 1. The number of rotatable bonds is 5. The van der Waals surface area contributed by atoms with E-state index in [-0.39, 0.29) is 18.9 Å². The van der Waals surface area contributed by atoms with Crippen molar-refractivity contribution in [3.05, 3.63) is 0 Å². The van der Waals surface area contributed by atoms with Gasteiger partial charge in [-0.05, 0) is 12.3 Å². The summed E-state index contributed by atoms with van der Waals surface area (Å²) in [6.07, 6.45) is 0.605. The predicted molar refractivity (Wildman–Crippen MR) is 54.1 cm³/mol. The Morgan fingerprint density at radius 3 is 2.62 bits per heavy atom. The number of hydrogen-bond acceptors (Lipinski definition) is 4.